The molecule has 0 amide bonds. The Bertz CT molecular complexity index is 230. The van der Waals surface area contributed by atoms with Gasteiger partial charge >= 0.3 is 5.97 Å². The second kappa shape index (κ2) is 7.35. The van der Waals surface area contributed by atoms with Gasteiger partial charge < -0.3 is 4.74 Å². The smallest absolute Gasteiger partial charge is 0.330 e. The van der Waals surface area contributed by atoms with E-state index in [1.165, 1.54) is 6.08 Å². The summed E-state index contributed by atoms with van der Waals surface area (Å²) in [6.07, 6.45) is 8.90. The van der Waals surface area contributed by atoms with E-state index in [1.807, 2.05) is 39.0 Å². The third kappa shape index (κ3) is 8.60. The quantitative estimate of drug-likeness (QED) is 0.377. The monoisotopic (exact) mass is 180 g/mol. The molecule has 0 bridgehead atoms. The van der Waals surface area contributed by atoms with E-state index in [9.17, 15) is 4.79 Å². The highest BCUT2D eigenvalue weighted by molar-refractivity contribution is 5.82. The molecule has 2 nitrogen and oxygen atoms in total. The van der Waals surface area contributed by atoms with Crippen LogP contribution in [0.3, 0.4) is 0 Å². The Morgan fingerprint density at radius 1 is 1.31 bits per heavy atom. The zero-order chi connectivity index (χ0) is 10.1. The number of esters is 1. The topological polar surface area (TPSA) is 26.3 Å². The van der Waals surface area contributed by atoms with Crippen LogP contribution in [0.1, 0.15) is 20.8 Å². The molecule has 0 unspecified atom stereocenters. The highest BCUT2D eigenvalue weighted by atomic mass is 16.5. The van der Waals surface area contributed by atoms with E-state index in [4.69, 9.17) is 4.74 Å². The van der Waals surface area contributed by atoms with E-state index < -0.39 is 0 Å². The van der Waals surface area contributed by atoms with Crippen molar-refractivity contribution in [3.8, 4) is 0 Å². The minimum atomic E-state index is -0.287. The molecule has 72 valence electrons. The first-order chi connectivity index (χ1) is 6.16. The van der Waals surface area contributed by atoms with Gasteiger partial charge in [-0.3, -0.25) is 0 Å². The molecule has 0 spiro atoms. The molecule has 0 aliphatic rings. The lowest BCUT2D eigenvalue weighted by atomic mass is 10.3. The summed E-state index contributed by atoms with van der Waals surface area (Å²) in [4.78, 5) is 10.9. The Balaban J connectivity index is 3.66. The zero-order valence-corrected chi connectivity index (χ0v) is 8.41. The van der Waals surface area contributed by atoms with Crippen molar-refractivity contribution in [2.24, 2.45) is 0 Å². The minimum absolute atomic E-state index is 0.287. The molecule has 0 saturated carbocycles. The van der Waals surface area contributed by atoms with Gasteiger partial charge in [-0.25, -0.2) is 4.79 Å². The fourth-order valence-corrected chi connectivity index (χ4v) is 0.653. The van der Waals surface area contributed by atoms with Crippen molar-refractivity contribution < 1.29 is 9.53 Å². The number of hydrogen-bond donors (Lipinski definition) is 0. The first kappa shape index (κ1) is 11.7. The summed E-state index contributed by atoms with van der Waals surface area (Å²) in [7, 11) is 0. The van der Waals surface area contributed by atoms with Gasteiger partial charge in [0.15, 0.2) is 0 Å². The third-order valence-corrected chi connectivity index (χ3v) is 1.17. The molecule has 0 aliphatic carbocycles. The van der Waals surface area contributed by atoms with Gasteiger partial charge in [-0.1, -0.05) is 23.8 Å². The first-order valence-electron chi connectivity index (χ1n) is 4.26. The Morgan fingerprint density at radius 3 is 2.54 bits per heavy atom. The summed E-state index contributed by atoms with van der Waals surface area (Å²) in [5, 5.41) is 0. The standard InChI is InChI=1S/C11H16O2/c1-4-5-6-7-8-13-11(12)9-10(2)3/h4-7,9H,8H2,1-3H3/b5-4+,7-6+. The minimum Gasteiger partial charge on any atom is -0.458 e. The molecule has 0 N–H and O–H groups in total. The van der Waals surface area contributed by atoms with Gasteiger partial charge in [-0.2, -0.15) is 0 Å². The Kier molecular flexibility index (Phi) is 6.60. The van der Waals surface area contributed by atoms with Crippen LogP contribution in [-0.4, -0.2) is 12.6 Å². The summed E-state index contributed by atoms with van der Waals surface area (Å²) in [6.45, 7) is 5.97. The molecule has 0 saturated heterocycles. The predicted octanol–water partition coefficient (Wildman–Crippen LogP) is 2.63. The number of ether oxygens (including phenoxy) is 1. The van der Waals surface area contributed by atoms with E-state index in [2.05, 4.69) is 0 Å². The van der Waals surface area contributed by atoms with Crippen LogP contribution >= 0.6 is 0 Å². The maximum absolute atomic E-state index is 10.9. The van der Waals surface area contributed by atoms with Crippen molar-refractivity contribution in [1.82, 2.24) is 0 Å². The highest BCUT2D eigenvalue weighted by Crippen LogP contribution is 1.91. The average molecular weight is 180 g/mol. The van der Waals surface area contributed by atoms with Gasteiger partial charge in [0.1, 0.15) is 6.61 Å². The van der Waals surface area contributed by atoms with Crippen LogP contribution in [0.25, 0.3) is 0 Å². The first-order valence-corrected chi connectivity index (χ1v) is 4.26. The van der Waals surface area contributed by atoms with Crippen molar-refractivity contribution in [1.29, 1.82) is 0 Å². The molecular formula is C11H16O2. The van der Waals surface area contributed by atoms with E-state index >= 15 is 0 Å². The summed E-state index contributed by atoms with van der Waals surface area (Å²) in [6, 6.07) is 0. The SMILES string of the molecule is C/C=C/C=C/COC(=O)C=C(C)C. The van der Waals surface area contributed by atoms with Crippen molar-refractivity contribution in [3.05, 3.63) is 36.0 Å². The molecule has 2 heteroatoms. The fourth-order valence-electron chi connectivity index (χ4n) is 0.653. The molecule has 0 aliphatic heterocycles. The zero-order valence-electron chi connectivity index (χ0n) is 8.41. The largest absolute Gasteiger partial charge is 0.458 e. The molecular weight excluding hydrogens is 164 g/mol. The van der Waals surface area contributed by atoms with Crippen molar-refractivity contribution in [3.63, 3.8) is 0 Å². The van der Waals surface area contributed by atoms with Gasteiger partial charge in [0.2, 0.25) is 0 Å². The van der Waals surface area contributed by atoms with Crippen LogP contribution in [0, 0.1) is 0 Å². The lowest BCUT2D eigenvalue weighted by molar-refractivity contribution is -0.136. The van der Waals surface area contributed by atoms with Crippen LogP contribution < -0.4 is 0 Å². The molecule has 0 aromatic heterocycles. The van der Waals surface area contributed by atoms with Gasteiger partial charge in [-0.15, -0.1) is 0 Å². The Morgan fingerprint density at radius 2 is 2.00 bits per heavy atom. The van der Waals surface area contributed by atoms with Crippen LogP contribution in [0.4, 0.5) is 0 Å². The van der Waals surface area contributed by atoms with E-state index in [-0.39, 0.29) is 5.97 Å². The second-order valence-corrected chi connectivity index (χ2v) is 2.81. The normalized spacial score (nSPS) is 10.7. The maximum atomic E-state index is 10.9. The summed E-state index contributed by atoms with van der Waals surface area (Å²) in [5.74, 6) is -0.287. The fraction of sp³-hybridized carbons (Fsp3) is 0.364. The lowest BCUT2D eigenvalue weighted by Crippen LogP contribution is -2.00. The summed E-state index contributed by atoms with van der Waals surface area (Å²) in [5.41, 5.74) is 0.947. The third-order valence-electron chi connectivity index (χ3n) is 1.17. The van der Waals surface area contributed by atoms with Crippen molar-refractivity contribution in [2.75, 3.05) is 6.61 Å². The average Bonchev–Trinajstić information content (AvgIpc) is 2.02. The van der Waals surface area contributed by atoms with Crippen LogP contribution in [0.2, 0.25) is 0 Å². The van der Waals surface area contributed by atoms with Crippen LogP contribution in [0.15, 0.2) is 36.0 Å². The maximum Gasteiger partial charge on any atom is 0.330 e. The summed E-state index contributed by atoms with van der Waals surface area (Å²) >= 11 is 0. The number of allylic oxidation sites excluding steroid dienone is 4. The van der Waals surface area contributed by atoms with Crippen LogP contribution in [-0.2, 0) is 9.53 Å². The van der Waals surface area contributed by atoms with Gasteiger partial charge in [-0.05, 0) is 26.8 Å². The van der Waals surface area contributed by atoms with Crippen LogP contribution in [0.5, 0.6) is 0 Å². The van der Waals surface area contributed by atoms with Gasteiger partial charge in [0, 0.05) is 6.08 Å². The molecule has 0 rings (SSSR count). The van der Waals surface area contributed by atoms with Gasteiger partial charge in [0.25, 0.3) is 0 Å². The van der Waals surface area contributed by atoms with Crippen molar-refractivity contribution >= 4 is 5.97 Å². The molecule has 0 aromatic rings. The van der Waals surface area contributed by atoms with E-state index in [0.29, 0.717) is 6.61 Å². The molecule has 0 fully saturated rings. The molecule has 0 heterocycles. The van der Waals surface area contributed by atoms with Crippen molar-refractivity contribution in [2.45, 2.75) is 20.8 Å². The molecule has 0 atom stereocenters. The molecule has 13 heavy (non-hydrogen) atoms. The van der Waals surface area contributed by atoms with E-state index in [1.54, 1.807) is 6.08 Å². The number of hydrogen-bond acceptors (Lipinski definition) is 2. The highest BCUT2D eigenvalue weighted by Gasteiger charge is 1.93. The number of rotatable bonds is 4. The lowest BCUT2D eigenvalue weighted by Gasteiger charge is -1.96. The molecule has 0 radical (unpaired) electrons. The second-order valence-electron chi connectivity index (χ2n) is 2.81. The number of carbonyl (C=O) groups is 1. The summed E-state index contributed by atoms with van der Waals surface area (Å²) < 4.78 is 4.86. The molecule has 0 aromatic carbocycles. The Labute approximate surface area is 79.6 Å². The number of carbonyl (C=O) groups excluding carboxylic acids is 1. The Hall–Kier alpha value is -1.31. The van der Waals surface area contributed by atoms with Gasteiger partial charge in [0.05, 0.1) is 0 Å². The van der Waals surface area contributed by atoms with E-state index in [0.717, 1.165) is 5.57 Å². The predicted molar refractivity (Wildman–Crippen MR) is 54.3 cm³/mol.